The Labute approximate surface area is 81.2 Å². The Morgan fingerprint density at radius 2 is 1.69 bits per heavy atom. The van der Waals surface area contributed by atoms with Gasteiger partial charge in [0, 0.05) is 12.6 Å². The van der Waals surface area contributed by atoms with Gasteiger partial charge >= 0.3 is 0 Å². The summed E-state index contributed by atoms with van der Waals surface area (Å²) in [6, 6.07) is -0.0131. The average Bonchev–Trinajstić information content (AvgIpc) is 1.97. The van der Waals surface area contributed by atoms with Gasteiger partial charge in [0.15, 0.2) is 0 Å². The lowest BCUT2D eigenvalue weighted by Gasteiger charge is -2.28. The van der Waals surface area contributed by atoms with E-state index in [-0.39, 0.29) is 18.1 Å². The summed E-state index contributed by atoms with van der Waals surface area (Å²) in [7, 11) is 0. The molecule has 2 unspecified atom stereocenters. The van der Waals surface area contributed by atoms with Crippen molar-refractivity contribution < 1.29 is 10.2 Å². The molecule has 0 aliphatic heterocycles. The molecule has 0 aliphatic carbocycles. The Balaban J connectivity index is 3.77. The van der Waals surface area contributed by atoms with Crippen molar-refractivity contribution >= 4 is 0 Å². The van der Waals surface area contributed by atoms with Crippen LogP contribution in [0.3, 0.4) is 0 Å². The molecule has 0 aromatic carbocycles. The summed E-state index contributed by atoms with van der Waals surface area (Å²) in [5.74, 6) is 0.251. The standard InChI is InChI=1S/C10H23NO2/c1-7(2)9(12)6-11-8(3)10(4,5)13/h7-9,11-13H,6H2,1-5H3. The Hall–Kier alpha value is -0.120. The molecule has 3 nitrogen and oxygen atoms in total. The largest absolute Gasteiger partial charge is 0.392 e. The first kappa shape index (κ1) is 12.9. The number of rotatable bonds is 5. The van der Waals surface area contributed by atoms with Crippen LogP contribution in [0.25, 0.3) is 0 Å². The summed E-state index contributed by atoms with van der Waals surface area (Å²) in [6.07, 6.45) is -0.343. The molecule has 0 aliphatic rings. The summed E-state index contributed by atoms with van der Waals surface area (Å²) in [6.45, 7) is 9.90. The monoisotopic (exact) mass is 189 g/mol. The molecule has 0 saturated heterocycles. The fourth-order valence-electron chi connectivity index (χ4n) is 0.783. The van der Waals surface area contributed by atoms with Crippen molar-refractivity contribution in [3.8, 4) is 0 Å². The van der Waals surface area contributed by atoms with Crippen LogP contribution < -0.4 is 5.32 Å². The van der Waals surface area contributed by atoms with Gasteiger partial charge in [-0.3, -0.25) is 0 Å². The molecule has 3 heteroatoms. The highest BCUT2D eigenvalue weighted by Gasteiger charge is 2.22. The zero-order valence-electron chi connectivity index (χ0n) is 9.33. The van der Waals surface area contributed by atoms with Crippen molar-refractivity contribution in [2.24, 2.45) is 5.92 Å². The topological polar surface area (TPSA) is 52.5 Å². The van der Waals surface area contributed by atoms with E-state index < -0.39 is 5.60 Å². The maximum atomic E-state index is 9.59. The lowest BCUT2D eigenvalue weighted by Crippen LogP contribution is -2.47. The van der Waals surface area contributed by atoms with Crippen molar-refractivity contribution in [1.29, 1.82) is 0 Å². The Kier molecular flexibility index (Phi) is 4.89. The van der Waals surface area contributed by atoms with Gasteiger partial charge in [0.25, 0.3) is 0 Å². The molecule has 0 aromatic rings. The Morgan fingerprint density at radius 3 is 2.00 bits per heavy atom. The molecule has 0 bridgehead atoms. The van der Waals surface area contributed by atoms with Crippen LogP contribution in [0.5, 0.6) is 0 Å². The zero-order chi connectivity index (χ0) is 10.6. The van der Waals surface area contributed by atoms with Gasteiger partial charge in [-0.2, -0.15) is 0 Å². The number of hydrogen-bond donors (Lipinski definition) is 3. The van der Waals surface area contributed by atoms with Crippen LogP contribution in [0, 0.1) is 5.92 Å². The fraction of sp³-hybridized carbons (Fsp3) is 1.00. The van der Waals surface area contributed by atoms with E-state index in [2.05, 4.69) is 5.32 Å². The van der Waals surface area contributed by atoms with Crippen LogP contribution in [0.2, 0.25) is 0 Å². The minimum absolute atomic E-state index is 0.0131. The SMILES string of the molecule is CC(C)C(O)CNC(C)C(C)(C)O. The summed E-state index contributed by atoms with van der Waals surface area (Å²) >= 11 is 0. The predicted octanol–water partition coefficient (Wildman–Crippen LogP) is 0.752. The maximum Gasteiger partial charge on any atom is 0.0741 e. The molecule has 0 fully saturated rings. The smallest absolute Gasteiger partial charge is 0.0741 e. The van der Waals surface area contributed by atoms with Gasteiger partial charge in [0.2, 0.25) is 0 Å². The third kappa shape index (κ3) is 5.24. The number of hydrogen-bond acceptors (Lipinski definition) is 3. The first-order chi connectivity index (χ1) is 5.75. The van der Waals surface area contributed by atoms with Gasteiger partial charge in [0.1, 0.15) is 0 Å². The first-order valence-corrected chi connectivity index (χ1v) is 4.89. The van der Waals surface area contributed by atoms with E-state index in [1.807, 2.05) is 20.8 Å². The average molecular weight is 189 g/mol. The van der Waals surface area contributed by atoms with Crippen LogP contribution in [0.15, 0.2) is 0 Å². The molecule has 2 atom stereocenters. The molecule has 0 rings (SSSR count). The number of aliphatic hydroxyl groups excluding tert-OH is 1. The van der Waals surface area contributed by atoms with E-state index in [0.29, 0.717) is 6.54 Å². The second-order valence-corrected chi connectivity index (χ2v) is 4.59. The van der Waals surface area contributed by atoms with Gasteiger partial charge in [-0.15, -0.1) is 0 Å². The fourth-order valence-corrected chi connectivity index (χ4v) is 0.783. The first-order valence-electron chi connectivity index (χ1n) is 4.89. The van der Waals surface area contributed by atoms with Crippen molar-refractivity contribution in [2.45, 2.75) is 52.4 Å². The van der Waals surface area contributed by atoms with Crippen molar-refractivity contribution in [2.75, 3.05) is 6.54 Å². The molecule has 0 amide bonds. The molecule has 0 saturated carbocycles. The predicted molar refractivity (Wildman–Crippen MR) is 54.6 cm³/mol. The summed E-state index contributed by atoms with van der Waals surface area (Å²) in [4.78, 5) is 0. The van der Waals surface area contributed by atoms with Crippen LogP contribution in [0.4, 0.5) is 0 Å². The maximum absolute atomic E-state index is 9.59. The van der Waals surface area contributed by atoms with Crippen LogP contribution in [-0.4, -0.2) is 34.5 Å². The molecule has 0 spiro atoms. The van der Waals surface area contributed by atoms with E-state index in [4.69, 9.17) is 0 Å². The third-order valence-corrected chi connectivity index (χ3v) is 2.46. The van der Waals surface area contributed by atoms with E-state index in [9.17, 15) is 10.2 Å². The molecular weight excluding hydrogens is 166 g/mol. The molecule has 13 heavy (non-hydrogen) atoms. The van der Waals surface area contributed by atoms with Gasteiger partial charge in [-0.1, -0.05) is 13.8 Å². The molecule has 80 valence electrons. The van der Waals surface area contributed by atoms with Crippen LogP contribution in [0.1, 0.15) is 34.6 Å². The highest BCUT2D eigenvalue weighted by Crippen LogP contribution is 2.08. The molecule has 0 aromatic heterocycles. The van der Waals surface area contributed by atoms with Crippen molar-refractivity contribution in [1.82, 2.24) is 5.32 Å². The molecule has 0 radical (unpaired) electrons. The molecule has 0 heterocycles. The second kappa shape index (κ2) is 4.94. The van der Waals surface area contributed by atoms with E-state index >= 15 is 0 Å². The Morgan fingerprint density at radius 1 is 1.23 bits per heavy atom. The number of aliphatic hydroxyl groups is 2. The van der Waals surface area contributed by atoms with E-state index in [0.717, 1.165) is 0 Å². The summed E-state index contributed by atoms with van der Waals surface area (Å²) in [5.41, 5.74) is -0.739. The number of nitrogens with one attached hydrogen (secondary N) is 1. The minimum Gasteiger partial charge on any atom is -0.392 e. The highest BCUT2D eigenvalue weighted by molar-refractivity contribution is 4.80. The van der Waals surface area contributed by atoms with E-state index in [1.54, 1.807) is 13.8 Å². The van der Waals surface area contributed by atoms with Gasteiger partial charge in [-0.25, -0.2) is 0 Å². The summed E-state index contributed by atoms with van der Waals surface area (Å²) in [5, 5.41) is 22.2. The second-order valence-electron chi connectivity index (χ2n) is 4.59. The summed E-state index contributed by atoms with van der Waals surface area (Å²) < 4.78 is 0. The minimum atomic E-state index is -0.739. The van der Waals surface area contributed by atoms with Crippen molar-refractivity contribution in [3.05, 3.63) is 0 Å². The van der Waals surface area contributed by atoms with Crippen LogP contribution >= 0.6 is 0 Å². The lowest BCUT2D eigenvalue weighted by molar-refractivity contribution is 0.0349. The van der Waals surface area contributed by atoms with Crippen LogP contribution in [-0.2, 0) is 0 Å². The highest BCUT2D eigenvalue weighted by atomic mass is 16.3. The lowest BCUT2D eigenvalue weighted by atomic mass is 10.00. The van der Waals surface area contributed by atoms with Gasteiger partial charge < -0.3 is 15.5 Å². The zero-order valence-corrected chi connectivity index (χ0v) is 9.33. The normalized spacial score (nSPS) is 17.5. The van der Waals surface area contributed by atoms with E-state index in [1.165, 1.54) is 0 Å². The molecule has 3 N–H and O–H groups in total. The Bertz CT molecular complexity index is 140. The van der Waals surface area contributed by atoms with Gasteiger partial charge in [0.05, 0.1) is 11.7 Å². The van der Waals surface area contributed by atoms with Crippen molar-refractivity contribution in [3.63, 3.8) is 0 Å². The molecular formula is C10H23NO2. The third-order valence-electron chi connectivity index (χ3n) is 2.46. The van der Waals surface area contributed by atoms with Gasteiger partial charge in [-0.05, 0) is 26.7 Å². The quantitative estimate of drug-likeness (QED) is 0.598.